The maximum atomic E-state index is 12.0. The molecule has 0 aliphatic rings. The zero-order valence-corrected chi connectivity index (χ0v) is 11.6. The summed E-state index contributed by atoms with van der Waals surface area (Å²) in [5, 5.41) is 21.8. The zero-order chi connectivity index (χ0) is 15.5. The Morgan fingerprint density at radius 2 is 2.05 bits per heavy atom. The molecule has 1 aromatic rings. The van der Waals surface area contributed by atoms with Crippen LogP contribution in [0.15, 0.2) is 18.2 Å². The second-order valence-electron chi connectivity index (χ2n) is 4.83. The van der Waals surface area contributed by atoms with E-state index in [9.17, 15) is 19.7 Å². The smallest absolute Gasteiger partial charge is 0.305 e. The third-order valence-corrected chi connectivity index (χ3v) is 2.77. The summed E-state index contributed by atoms with van der Waals surface area (Å²) in [6.07, 6.45) is -0.261. The van der Waals surface area contributed by atoms with E-state index in [1.165, 1.54) is 6.07 Å². The van der Waals surface area contributed by atoms with E-state index >= 15 is 0 Å². The molecule has 8 heteroatoms. The summed E-state index contributed by atoms with van der Waals surface area (Å²) in [6, 6.07) is 3.46. The molecule has 2 N–H and O–H groups in total. The molecule has 0 aliphatic carbocycles. The monoisotopic (exact) mass is 300 g/mol. The first kappa shape index (κ1) is 15.9. The van der Waals surface area contributed by atoms with E-state index in [1.807, 2.05) is 0 Å². The van der Waals surface area contributed by atoms with E-state index in [0.29, 0.717) is 0 Å². The lowest BCUT2D eigenvalue weighted by atomic mass is 10.00. The predicted molar refractivity (Wildman–Crippen MR) is 71.9 cm³/mol. The quantitative estimate of drug-likeness (QED) is 0.640. The fraction of sp³-hybridized carbons (Fsp3) is 0.333. The third-order valence-electron chi connectivity index (χ3n) is 2.45. The molecule has 0 saturated carbocycles. The van der Waals surface area contributed by atoms with Crippen molar-refractivity contribution in [1.82, 2.24) is 5.32 Å². The molecule has 0 aliphatic heterocycles. The molecule has 1 aromatic carbocycles. The Hall–Kier alpha value is -2.15. The molecule has 0 saturated heterocycles. The van der Waals surface area contributed by atoms with Gasteiger partial charge < -0.3 is 10.4 Å². The van der Waals surface area contributed by atoms with Crippen molar-refractivity contribution in [3.8, 4) is 0 Å². The van der Waals surface area contributed by atoms with Gasteiger partial charge in [0, 0.05) is 17.7 Å². The fourth-order valence-corrected chi connectivity index (χ4v) is 1.86. The number of carboxylic acids is 1. The number of hydrogen-bond donors (Lipinski definition) is 2. The van der Waals surface area contributed by atoms with Crippen LogP contribution in [0.1, 0.15) is 30.6 Å². The Labute approximate surface area is 119 Å². The maximum Gasteiger partial charge on any atom is 0.305 e. The molecular weight excluding hydrogens is 288 g/mol. The predicted octanol–water partition coefficient (Wildman–Crippen LogP) is 2.23. The lowest BCUT2D eigenvalue weighted by molar-refractivity contribution is -0.384. The molecular formula is C12H13ClN2O5. The van der Waals surface area contributed by atoms with Gasteiger partial charge in [-0.25, -0.2) is 0 Å². The fourth-order valence-electron chi connectivity index (χ4n) is 1.60. The van der Waals surface area contributed by atoms with Crippen LogP contribution in [0, 0.1) is 10.1 Å². The van der Waals surface area contributed by atoms with Gasteiger partial charge in [0.2, 0.25) is 0 Å². The van der Waals surface area contributed by atoms with Gasteiger partial charge in [-0.05, 0) is 19.9 Å². The molecule has 7 nitrogen and oxygen atoms in total. The Morgan fingerprint density at radius 1 is 1.45 bits per heavy atom. The molecule has 0 bridgehead atoms. The topological polar surface area (TPSA) is 110 Å². The van der Waals surface area contributed by atoms with Crippen molar-refractivity contribution in [3.63, 3.8) is 0 Å². The SMILES string of the molecule is CC(C)(CC(=O)O)NC(=O)c1ccc([N+](=O)[O-])cc1Cl. The standard InChI is InChI=1S/C12H13ClN2O5/c1-12(2,6-10(16)17)14-11(18)8-4-3-7(15(19)20)5-9(8)13/h3-5H,6H2,1-2H3,(H,14,18)(H,16,17). The summed E-state index contributed by atoms with van der Waals surface area (Å²) in [5.41, 5.74) is -1.14. The number of carbonyl (C=O) groups is 2. The van der Waals surface area contributed by atoms with Crippen LogP contribution in [0.2, 0.25) is 5.02 Å². The number of hydrogen-bond acceptors (Lipinski definition) is 4. The summed E-state index contributed by atoms with van der Waals surface area (Å²) in [7, 11) is 0. The van der Waals surface area contributed by atoms with E-state index in [4.69, 9.17) is 16.7 Å². The number of carboxylic acid groups (broad SMARTS) is 1. The first-order chi connectivity index (χ1) is 9.12. The van der Waals surface area contributed by atoms with Gasteiger partial charge in [0.05, 0.1) is 21.9 Å². The van der Waals surface area contributed by atoms with Crippen molar-refractivity contribution in [1.29, 1.82) is 0 Å². The van der Waals surface area contributed by atoms with Crippen LogP contribution in [0.3, 0.4) is 0 Å². The van der Waals surface area contributed by atoms with Gasteiger partial charge in [0.25, 0.3) is 11.6 Å². The highest BCUT2D eigenvalue weighted by Gasteiger charge is 2.25. The minimum atomic E-state index is -1.05. The Kier molecular flexibility index (Phi) is 4.67. The average molecular weight is 301 g/mol. The Balaban J connectivity index is 2.93. The summed E-state index contributed by atoms with van der Waals surface area (Å²) < 4.78 is 0. The molecule has 0 heterocycles. The second-order valence-corrected chi connectivity index (χ2v) is 5.24. The third kappa shape index (κ3) is 4.20. The average Bonchev–Trinajstić information content (AvgIpc) is 2.25. The minimum absolute atomic E-state index is 0.0516. The van der Waals surface area contributed by atoms with Gasteiger partial charge in [0.1, 0.15) is 0 Å². The van der Waals surface area contributed by atoms with Crippen molar-refractivity contribution in [2.24, 2.45) is 0 Å². The lowest BCUT2D eigenvalue weighted by Crippen LogP contribution is -2.45. The van der Waals surface area contributed by atoms with Crippen LogP contribution in [0.4, 0.5) is 5.69 Å². The van der Waals surface area contributed by atoms with E-state index < -0.39 is 22.3 Å². The minimum Gasteiger partial charge on any atom is -0.481 e. The van der Waals surface area contributed by atoms with Gasteiger partial charge in [0.15, 0.2) is 0 Å². The van der Waals surface area contributed by atoms with Gasteiger partial charge in [-0.15, -0.1) is 0 Å². The lowest BCUT2D eigenvalue weighted by Gasteiger charge is -2.24. The number of halogens is 1. The zero-order valence-electron chi connectivity index (χ0n) is 10.8. The van der Waals surface area contributed by atoms with Crippen molar-refractivity contribution in [2.45, 2.75) is 25.8 Å². The first-order valence-electron chi connectivity index (χ1n) is 5.60. The normalized spacial score (nSPS) is 10.9. The maximum absolute atomic E-state index is 12.0. The Morgan fingerprint density at radius 3 is 2.50 bits per heavy atom. The van der Waals surface area contributed by atoms with E-state index in [2.05, 4.69) is 5.32 Å². The van der Waals surface area contributed by atoms with Crippen molar-refractivity contribution < 1.29 is 19.6 Å². The van der Waals surface area contributed by atoms with Crippen LogP contribution >= 0.6 is 11.6 Å². The van der Waals surface area contributed by atoms with Crippen LogP contribution < -0.4 is 5.32 Å². The number of carbonyl (C=O) groups excluding carboxylic acids is 1. The molecule has 0 aromatic heterocycles. The van der Waals surface area contributed by atoms with Crippen LogP contribution in [0.25, 0.3) is 0 Å². The van der Waals surface area contributed by atoms with Crippen LogP contribution in [0.5, 0.6) is 0 Å². The largest absolute Gasteiger partial charge is 0.481 e. The van der Waals surface area contributed by atoms with Gasteiger partial charge in [-0.2, -0.15) is 0 Å². The van der Waals surface area contributed by atoms with E-state index in [-0.39, 0.29) is 22.7 Å². The number of nitro groups is 1. The van der Waals surface area contributed by atoms with Crippen molar-refractivity contribution >= 4 is 29.2 Å². The summed E-state index contributed by atoms with van der Waals surface area (Å²) in [5.74, 6) is -1.64. The van der Waals surface area contributed by atoms with Gasteiger partial charge in [-0.3, -0.25) is 19.7 Å². The number of nitrogens with one attached hydrogen (secondary N) is 1. The number of aliphatic carboxylic acids is 1. The first-order valence-corrected chi connectivity index (χ1v) is 5.98. The van der Waals surface area contributed by atoms with Crippen molar-refractivity contribution in [2.75, 3.05) is 0 Å². The number of non-ortho nitro benzene ring substituents is 1. The van der Waals surface area contributed by atoms with E-state index in [0.717, 1.165) is 12.1 Å². The molecule has 0 fully saturated rings. The number of amides is 1. The highest BCUT2D eigenvalue weighted by molar-refractivity contribution is 6.34. The summed E-state index contributed by atoms with van der Waals surface area (Å²) in [6.45, 7) is 3.11. The Bertz CT molecular complexity index is 571. The van der Waals surface area contributed by atoms with Crippen LogP contribution in [-0.4, -0.2) is 27.4 Å². The molecule has 1 amide bonds. The number of nitro benzene ring substituents is 1. The van der Waals surface area contributed by atoms with Gasteiger partial charge in [-0.1, -0.05) is 11.6 Å². The molecule has 0 atom stereocenters. The molecule has 108 valence electrons. The highest BCUT2D eigenvalue weighted by Crippen LogP contribution is 2.23. The molecule has 0 radical (unpaired) electrons. The molecule has 0 spiro atoms. The van der Waals surface area contributed by atoms with Crippen molar-refractivity contribution in [3.05, 3.63) is 38.9 Å². The second kappa shape index (κ2) is 5.87. The summed E-state index contributed by atoms with van der Waals surface area (Å²) >= 11 is 5.82. The number of nitrogens with zero attached hydrogens (tertiary/aromatic N) is 1. The number of benzene rings is 1. The molecule has 0 unspecified atom stereocenters. The molecule has 1 rings (SSSR count). The summed E-state index contributed by atoms with van der Waals surface area (Å²) in [4.78, 5) is 32.6. The van der Waals surface area contributed by atoms with E-state index in [1.54, 1.807) is 13.8 Å². The highest BCUT2D eigenvalue weighted by atomic mass is 35.5. The molecule has 20 heavy (non-hydrogen) atoms. The van der Waals surface area contributed by atoms with Crippen LogP contribution in [-0.2, 0) is 4.79 Å². The van der Waals surface area contributed by atoms with Gasteiger partial charge >= 0.3 is 5.97 Å². The number of rotatable bonds is 5.